The third kappa shape index (κ3) is 3.75. The molecule has 28 heavy (non-hydrogen) atoms. The lowest BCUT2D eigenvalue weighted by Gasteiger charge is -2.19. The molecule has 2 unspecified atom stereocenters. The van der Waals surface area contributed by atoms with Crippen molar-refractivity contribution in [2.75, 3.05) is 7.11 Å². The predicted octanol–water partition coefficient (Wildman–Crippen LogP) is 5.65. The molecule has 2 N–H and O–H groups in total. The number of aliphatic hydroxyl groups is 2. The number of aliphatic hydroxyl groups excluding tert-OH is 2. The van der Waals surface area contributed by atoms with Gasteiger partial charge in [0.05, 0.1) is 7.11 Å². The standard InChI is InChI=1S/C23H20O3S2/c1-26-16-10-8-15(9-11-16)22(24)17-5-2-3-6-18(17)23(25)21-13-12-20(28-21)19-7-4-14-27-19/h2-14,22-25H,1H3. The molecule has 4 rings (SSSR count). The number of methoxy groups -OCH3 is 1. The molecule has 0 aliphatic rings. The van der Waals surface area contributed by atoms with Crippen LogP contribution in [0.15, 0.2) is 78.2 Å². The van der Waals surface area contributed by atoms with Gasteiger partial charge in [-0.2, -0.15) is 0 Å². The lowest BCUT2D eigenvalue weighted by molar-refractivity contribution is 0.198. The van der Waals surface area contributed by atoms with Crippen LogP contribution in [-0.2, 0) is 0 Å². The quantitative estimate of drug-likeness (QED) is 0.433. The molecule has 142 valence electrons. The first kappa shape index (κ1) is 18.9. The number of ether oxygens (including phenoxy) is 1. The van der Waals surface area contributed by atoms with Crippen molar-refractivity contribution in [2.24, 2.45) is 0 Å². The molecule has 2 aromatic heterocycles. The average Bonchev–Trinajstić information content (AvgIpc) is 3.44. The smallest absolute Gasteiger partial charge is 0.118 e. The van der Waals surface area contributed by atoms with E-state index in [1.807, 2.05) is 72.1 Å². The van der Waals surface area contributed by atoms with Crippen molar-refractivity contribution in [3.8, 4) is 15.5 Å². The van der Waals surface area contributed by atoms with Gasteiger partial charge in [-0.15, -0.1) is 22.7 Å². The third-order valence-corrected chi connectivity index (χ3v) is 6.88. The molecule has 0 aliphatic heterocycles. The summed E-state index contributed by atoms with van der Waals surface area (Å²) in [6, 6.07) is 22.9. The normalized spacial score (nSPS) is 13.2. The zero-order valence-corrected chi connectivity index (χ0v) is 16.9. The van der Waals surface area contributed by atoms with Crippen LogP contribution < -0.4 is 4.74 Å². The molecule has 0 amide bonds. The largest absolute Gasteiger partial charge is 0.497 e. The van der Waals surface area contributed by atoms with Crippen molar-refractivity contribution >= 4 is 22.7 Å². The second kappa shape index (κ2) is 8.29. The van der Waals surface area contributed by atoms with Crippen molar-refractivity contribution in [3.63, 3.8) is 0 Å². The molecule has 0 saturated heterocycles. The van der Waals surface area contributed by atoms with Crippen LogP contribution in [0.4, 0.5) is 0 Å². The minimum atomic E-state index is -0.825. The van der Waals surface area contributed by atoms with Gasteiger partial charge in [0.1, 0.15) is 18.0 Å². The Balaban J connectivity index is 1.65. The maximum Gasteiger partial charge on any atom is 0.118 e. The second-order valence-corrected chi connectivity index (χ2v) is 8.45. The first-order chi connectivity index (χ1) is 13.7. The molecule has 0 bridgehead atoms. The van der Waals surface area contributed by atoms with Crippen molar-refractivity contribution in [1.82, 2.24) is 0 Å². The van der Waals surface area contributed by atoms with Gasteiger partial charge in [0.15, 0.2) is 0 Å². The Morgan fingerprint density at radius 1 is 0.750 bits per heavy atom. The fraction of sp³-hybridized carbons (Fsp3) is 0.130. The van der Waals surface area contributed by atoms with Gasteiger partial charge in [-0.1, -0.05) is 42.5 Å². The summed E-state index contributed by atoms with van der Waals surface area (Å²) >= 11 is 3.26. The monoisotopic (exact) mass is 408 g/mol. The number of hydrogen-bond donors (Lipinski definition) is 2. The lowest BCUT2D eigenvalue weighted by atomic mass is 9.93. The SMILES string of the molecule is COc1ccc(C(O)c2ccccc2C(O)c2ccc(-c3cccs3)s2)cc1. The van der Waals surface area contributed by atoms with E-state index in [1.165, 1.54) is 4.88 Å². The van der Waals surface area contributed by atoms with Gasteiger partial charge in [0.2, 0.25) is 0 Å². The van der Waals surface area contributed by atoms with Crippen LogP contribution in [0.25, 0.3) is 9.75 Å². The van der Waals surface area contributed by atoms with E-state index in [1.54, 1.807) is 29.8 Å². The Hall–Kier alpha value is -2.44. The fourth-order valence-corrected chi connectivity index (χ4v) is 5.03. The topological polar surface area (TPSA) is 49.7 Å². The van der Waals surface area contributed by atoms with Gasteiger partial charge in [-0.3, -0.25) is 0 Å². The Kier molecular flexibility index (Phi) is 5.59. The van der Waals surface area contributed by atoms with E-state index in [0.717, 1.165) is 21.1 Å². The summed E-state index contributed by atoms with van der Waals surface area (Å²) in [5.41, 5.74) is 2.17. The Labute approximate surface area is 172 Å². The van der Waals surface area contributed by atoms with Crippen LogP contribution >= 0.6 is 22.7 Å². The van der Waals surface area contributed by atoms with E-state index in [2.05, 4.69) is 6.07 Å². The highest BCUT2D eigenvalue weighted by Crippen LogP contribution is 2.38. The molecule has 2 aromatic carbocycles. The van der Waals surface area contributed by atoms with Gasteiger partial charge in [-0.05, 0) is 52.4 Å². The highest BCUT2D eigenvalue weighted by Gasteiger charge is 2.21. The summed E-state index contributed by atoms with van der Waals surface area (Å²) in [5, 5.41) is 24.0. The van der Waals surface area contributed by atoms with Gasteiger partial charge >= 0.3 is 0 Å². The van der Waals surface area contributed by atoms with Crippen molar-refractivity contribution in [2.45, 2.75) is 12.2 Å². The molecular weight excluding hydrogens is 388 g/mol. The van der Waals surface area contributed by atoms with E-state index in [4.69, 9.17) is 4.74 Å². The highest BCUT2D eigenvalue weighted by molar-refractivity contribution is 7.21. The van der Waals surface area contributed by atoms with E-state index < -0.39 is 12.2 Å². The lowest BCUT2D eigenvalue weighted by Crippen LogP contribution is -2.08. The maximum atomic E-state index is 11.0. The Morgan fingerprint density at radius 2 is 1.46 bits per heavy atom. The summed E-state index contributed by atoms with van der Waals surface area (Å²) in [6.07, 6.45) is -1.61. The summed E-state index contributed by atoms with van der Waals surface area (Å²) < 4.78 is 5.19. The minimum Gasteiger partial charge on any atom is -0.497 e. The minimum absolute atomic E-state index is 0.700. The van der Waals surface area contributed by atoms with Crippen molar-refractivity contribution in [3.05, 3.63) is 99.7 Å². The maximum absolute atomic E-state index is 11.0. The summed E-state index contributed by atoms with van der Waals surface area (Å²) in [7, 11) is 1.61. The first-order valence-electron chi connectivity index (χ1n) is 8.90. The van der Waals surface area contributed by atoms with E-state index in [9.17, 15) is 10.2 Å². The molecule has 3 nitrogen and oxygen atoms in total. The Morgan fingerprint density at radius 3 is 2.11 bits per heavy atom. The molecule has 4 aromatic rings. The molecule has 2 heterocycles. The zero-order chi connectivity index (χ0) is 19.5. The van der Waals surface area contributed by atoms with Crippen LogP contribution in [-0.4, -0.2) is 17.3 Å². The Bertz CT molecular complexity index is 1040. The van der Waals surface area contributed by atoms with Crippen LogP contribution in [0, 0.1) is 0 Å². The van der Waals surface area contributed by atoms with E-state index in [-0.39, 0.29) is 0 Å². The number of hydrogen-bond acceptors (Lipinski definition) is 5. The molecule has 2 atom stereocenters. The molecule has 0 saturated carbocycles. The molecule has 0 radical (unpaired) electrons. The zero-order valence-electron chi connectivity index (χ0n) is 15.3. The summed E-state index contributed by atoms with van der Waals surface area (Å²) in [6.45, 7) is 0. The van der Waals surface area contributed by atoms with Crippen LogP contribution in [0.1, 0.15) is 33.8 Å². The predicted molar refractivity (Wildman–Crippen MR) is 115 cm³/mol. The van der Waals surface area contributed by atoms with E-state index >= 15 is 0 Å². The number of rotatable bonds is 6. The first-order valence-corrected chi connectivity index (χ1v) is 10.6. The molecule has 0 fully saturated rings. The third-order valence-electron chi connectivity index (χ3n) is 4.68. The van der Waals surface area contributed by atoms with Crippen LogP contribution in [0.5, 0.6) is 5.75 Å². The fourth-order valence-electron chi connectivity index (χ4n) is 3.18. The molecular formula is C23H20O3S2. The van der Waals surface area contributed by atoms with Crippen LogP contribution in [0.3, 0.4) is 0 Å². The van der Waals surface area contributed by atoms with E-state index in [0.29, 0.717) is 11.1 Å². The molecule has 0 spiro atoms. The number of thiophene rings is 2. The van der Waals surface area contributed by atoms with Gasteiger partial charge in [0, 0.05) is 14.6 Å². The van der Waals surface area contributed by atoms with Gasteiger partial charge < -0.3 is 14.9 Å². The van der Waals surface area contributed by atoms with Gasteiger partial charge in [0.25, 0.3) is 0 Å². The summed E-state index contributed by atoms with van der Waals surface area (Å²) in [4.78, 5) is 3.19. The second-order valence-electron chi connectivity index (χ2n) is 6.39. The molecule has 5 heteroatoms. The van der Waals surface area contributed by atoms with Gasteiger partial charge in [-0.25, -0.2) is 0 Å². The van der Waals surface area contributed by atoms with Crippen molar-refractivity contribution in [1.29, 1.82) is 0 Å². The van der Waals surface area contributed by atoms with Crippen molar-refractivity contribution < 1.29 is 14.9 Å². The number of benzene rings is 2. The average molecular weight is 409 g/mol. The van der Waals surface area contributed by atoms with Crippen LogP contribution in [0.2, 0.25) is 0 Å². The highest BCUT2D eigenvalue weighted by atomic mass is 32.1. The summed E-state index contributed by atoms with van der Waals surface area (Å²) in [5.74, 6) is 0.740. The molecule has 0 aliphatic carbocycles.